The van der Waals surface area contributed by atoms with Crippen LogP contribution in [0.15, 0.2) is 54.9 Å². The van der Waals surface area contributed by atoms with Crippen LogP contribution in [0.1, 0.15) is 40.6 Å². The molecule has 0 aliphatic heterocycles. The number of aromatic nitrogens is 2. The van der Waals surface area contributed by atoms with Crippen LogP contribution in [0.25, 0.3) is 10.2 Å². The highest BCUT2D eigenvalue weighted by Crippen LogP contribution is 2.35. The number of nitrogens with zero attached hydrogens (tertiary/aromatic N) is 4. The van der Waals surface area contributed by atoms with E-state index in [4.69, 9.17) is 4.98 Å². The van der Waals surface area contributed by atoms with Gasteiger partial charge in [0.15, 0.2) is 5.13 Å². The molecule has 0 aliphatic carbocycles. The first-order chi connectivity index (χ1) is 14.4. The molecular formula is C21H18N4O3S2. The number of fused-ring (bicyclic) bond motifs is 1. The van der Waals surface area contributed by atoms with Crippen LogP contribution in [-0.4, -0.2) is 20.8 Å². The molecule has 7 nitrogen and oxygen atoms in total. The van der Waals surface area contributed by atoms with Gasteiger partial charge in [-0.25, -0.2) is 4.98 Å². The highest BCUT2D eigenvalue weighted by Gasteiger charge is 2.25. The number of para-hydroxylation sites is 1. The highest BCUT2D eigenvalue weighted by atomic mass is 32.1. The maximum Gasteiger partial charge on any atom is 0.324 e. The average Bonchev–Trinajstić information content (AvgIpc) is 3.39. The minimum absolute atomic E-state index is 0.0638. The number of thiazole rings is 1. The summed E-state index contributed by atoms with van der Waals surface area (Å²) in [5.74, 6) is -0.0202. The molecule has 0 fully saturated rings. The van der Waals surface area contributed by atoms with Gasteiger partial charge in [-0.2, -0.15) is 0 Å². The van der Waals surface area contributed by atoms with Crippen molar-refractivity contribution >= 4 is 48.9 Å². The Kier molecular flexibility index (Phi) is 5.56. The number of benzene rings is 1. The van der Waals surface area contributed by atoms with Crippen molar-refractivity contribution in [2.75, 3.05) is 4.90 Å². The lowest BCUT2D eigenvalue weighted by Crippen LogP contribution is -2.29. The van der Waals surface area contributed by atoms with Gasteiger partial charge in [0.2, 0.25) is 0 Å². The summed E-state index contributed by atoms with van der Waals surface area (Å²) in [6, 6.07) is 12.6. The van der Waals surface area contributed by atoms with Crippen molar-refractivity contribution in [3.63, 3.8) is 0 Å². The Morgan fingerprint density at radius 2 is 2.00 bits per heavy atom. The first kappa shape index (κ1) is 20.1. The van der Waals surface area contributed by atoms with Crippen molar-refractivity contribution in [2.45, 2.75) is 26.3 Å². The van der Waals surface area contributed by atoms with Crippen molar-refractivity contribution in [1.82, 2.24) is 9.97 Å². The fraction of sp³-hybridized carbons (Fsp3) is 0.190. The highest BCUT2D eigenvalue weighted by molar-refractivity contribution is 7.22. The third-order valence-electron chi connectivity index (χ3n) is 4.58. The molecule has 0 aliphatic rings. The first-order valence-corrected chi connectivity index (χ1v) is 10.9. The van der Waals surface area contributed by atoms with Crippen LogP contribution in [-0.2, 0) is 6.54 Å². The fourth-order valence-corrected chi connectivity index (χ4v) is 4.88. The number of carbonyl (C=O) groups excluding carboxylic acids is 1. The number of pyridine rings is 1. The van der Waals surface area contributed by atoms with E-state index >= 15 is 0 Å². The number of anilines is 1. The van der Waals surface area contributed by atoms with E-state index < -0.39 is 4.92 Å². The Bertz CT molecular complexity index is 1220. The summed E-state index contributed by atoms with van der Waals surface area (Å²) < 4.78 is 0.998. The van der Waals surface area contributed by atoms with Crippen LogP contribution in [0.5, 0.6) is 0 Å². The van der Waals surface area contributed by atoms with Gasteiger partial charge in [0, 0.05) is 18.5 Å². The number of hydrogen-bond acceptors (Lipinski definition) is 7. The van der Waals surface area contributed by atoms with Gasteiger partial charge in [-0.1, -0.05) is 54.7 Å². The van der Waals surface area contributed by atoms with Gasteiger partial charge < -0.3 is 0 Å². The Morgan fingerprint density at radius 1 is 1.17 bits per heavy atom. The maximum absolute atomic E-state index is 13.3. The lowest BCUT2D eigenvalue weighted by molar-refractivity contribution is -0.380. The standard InChI is InChI=1S/C21H18N4O3S2/c1-13(2)15-6-3-7-16-19(15)23-21(30-16)24(12-14-5-4-10-22-11-14)20(26)17-8-9-18(29-17)25(27)28/h3-11,13H,12H2,1-2H3. The normalized spacial score (nSPS) is 11.2. The van der Waals surface area contributed by atoms with Gasteiger partial charge in [-0.3, -0.25) is 24.8 Å². The van der Waals surface area contributed by atoms with Crippen molar-refractivity contribution in [3.8, 4) is 0 Å². The molecule has 0 atom stereocenters. The number of hydrogen-bond donors (Lipinski definition) is 0. The largest absolute Gasteiger partial charge is 0.324 e. The summed E-state index contributed by atoms with van der Waals surface area (Å²) in [5.41, 5.74) is 2.85. The second kappa shape index (κ2) is 8.29. The molecule has 0 unspecified atom stereocenters. The summed E-state index contributed by atoms with van der Waals surface area (Å²) in [6.07, 6.45) is 3.37. The molecule has 0 bridgehead atoms. The number of thiophene rings is 1. The van der Waals surface area contributed by atoms with Crippen LogP contribution in [0.3, 0.4) is 0 Å². The van der Waals surface area contributed by atoms with Crippen LogP contribution in [0.2, 0.25) is 0 Å². The molecule has 9 heteroatoms. The summed E-state index contributed by atoms with van der Waals surface area (Å²) >= 11 is 2.31. The van der Waals surface area contributed by atoms with E-state index in [2.05, 4.69) is 18.8 Å². The monoisotopic (exact) mass is 438 g/mol. The molecular weight excluding hydrogens is 420 g/mol. The summed E-state index contributed by atoms with van der Waals surface area (Å²) in [5, 5.41) is 11.6. The molecule has 1 aromatic carbocycles. The minimum atomic E-state index is -0.487. The average molecular weight is 439 g/mol. The molecule has 0 spiro atoms. The Balaban J connectivity index is 1.78. The topological polar surface area (TPSA) is 89.2 Å². The van der Waals surface area contributed by atoms with E-state index in [-0.39, 0.29) is 17.5 Å². The van der Waals surface area contributed by atoms with Crippen molar-refractivity contribution < 1.29 is 9.72 Å². The number of nitro groups is 1. The summed E-state index contributed by atoms with van der Waals surface area (Å²) in [7, 11) is 0. The second-order valence-electron chi connectivity index (χ2n) is 6.99. The molecule has 0 N–H and O–H groups in total. The van der Waals surface area contributed by atoms with Crippen molar-refractivity contribution in [1.29, 1.82) is 0 Å². The number of rotatable bonds is 6. The van der Waals surface area contributed by atoms with Gasteiger partial charge in [0.25, 0.3) is 5.91 Å². The minimum Gasteiger partial charge on any atom is -0.279 e. The molecule has 152 valence electrons. The zero-order valence-electron chi connectivity index (χ0n) is 16.3. The van der Waals surface area contributed by atoms with E-state index in [1.54, 1.807) is 17.3 Å². The number of carbonyl (C=O) groups is 1. The molecule has 3 aromatic heterocycles. The first-order valence-electron chi connectivity index (χ1n) is 9.28. The van der Waals surface area contributed by atoms with Gasteiger partial charge in [-0.15, -0.1) is 0 Å². The molecule has 30 heavy (non-hydrogen) atoms. The van der Waals surface area contributed by atoms with Crippen molar-refractivity contribution in [2.24, 2.45) is 0 Å². The predicted octanol–water partition coefficient (Wildman–Crippen LogP) is 5.63. The van der Waals surface area contributed by atoms with Gasteiger partial charge in [0.1, 0.15) is 0 Å². The lowest BCUT2D eigenvalue weighted by atomic mass is 10.0. The van der Waals surface area contributed by atoms with Crippen LogP contribution in [0.4, 0.5) is 10.1 Å². The molecule has 1 amide bonds. The predicted molar refractivity (Wildman–Crippen MR) is 119 cm³/mol. The molecule has 4 rings (SSSR count). The lowest BCUT2D eigenvalue weighted by Gasteiger charge is -2.19. The van der Waals surface area contributed by atoms with E-state index in [0.717, 1.165) is 32.7 Å². The van der Waals surface area contributed by atoms with Gasteiger partial charge in [0.05, 0.1) is 26.6 Å². The second-order valence-corrected chi connectivity index (χ2v) is 9.06. The zero-order chi connectivity index (χ0) is 21.3. The summed E-state index contributed by atoms with van der Waals surface area (Å²) in [4.78, 5) is 34.7. The Labute approximate surface area is 180 Å². The molecule has 0 saturated heterocycles. The molecule has 0 saturated carbocycles. The molecule has 3 heterocycles. The van der Waals surface area contributed by atoms with Crippen molar-refractivity contribution in [3.05, 3.63) is 81.0 Å². The van der Waals surface area contributed by atoms with Crippen LogP contribution >= 0.6 is 22.7 Å². The Hall–Kier alpha value is -3.17. The smallest absolute Gasteiger partial charge is 0.279 e. The van der Waals surface area contributed by atoms with Crippen LogP contribution < -0.4 is 4.90 Å². The zero-order valence-corrected chi connectivity index (χ0v) is 17.9. The quantitative estimate of drug-likeness (QED) is 0.287. The third-order valence-corrected chi connectivity index (χ3v) is 6.65. The van der Waals surface area contributed by atoms with Gasteiger partial charge in [-0.05, 0) is 35.2 Å². The third kappa shape index (κ3) is 3.94. The molecule has 0 radical (unpaired) electrons. The van der Waals surface area contributed by atoms with E-state index in [1.165, 1.54) is 23.5 Å². The Morgan fingerprint density at radius 3 is 2.67 bits per heavy atom. The van der Waals surface area contributed by atoms with Crippen LogP contribution in [0, 0.1) is 10.1 Å². The molecule has 4 aromatic rings. The van der Waals surface area contributed by atoms with E-state index in [0.29, 0.717) is 15.9 Å². The van der Waals surface area contributed by atoms with Gasteiger partial charge >= 0.3 is 5.00 Å². The number of amides is 1. The van der Waals surface area contributed by atoms with E-state index in [9.17, 15) is 14.9 Å². The maximum atomic E-state index is 13.3. The SMILES string of the molecule is CC(C)c1cccc2sc(N(Cc3cccnc3)C(=O)c3ccc([N+](=O)[O-])s3)nc12. The van der Waals surface area contributed by atoms with E-state index in [1.807, 2.05) is 30.3 Å². The fourth-order valence-electron chi connectivity index (χ4n) is 3.11. The summed E-state index contributed by atoms with van der Waals surface area (Å²) in [6.45, 7) is 4.49.